The average molecular weight is 296 g/mol. The van der Waals surface area contributed by atoms with E-state index in [2.05, 4.69) is 16.0 Å². The molecule has 114 valence electrons. The maximum absolute atomic E-state index is 6.49. The van der Waals surface area contributed by atoms with Gasteiger partial charge in [0.2, 0.25) is 0 Å². The maximum atomic E-state index is 6.49. The highest BCUT2D eigenvalue weighted by Crippen LogP contribution is 2.47. The first kappa shape index (κ1) is 13.4. The van der Waals surface area contributed by atoms with Gasteiger partial charge in [-0.2, -0.15) is 0 Å². The molecule has 1 spiro atoms. The van der Waals surface area contributed by atoms with Crippen LogP contribution in [0.4, 0.5) is 11.4 Å². The molecular formula is C17H20N4O. The highest BCUT2D eigenvalue weighted by Gasteiger charge is 2.48. The SMILES string of the molecule is Nc1cncc(N2CCC3(CC2)Oc2ccccc2C3N)c1. The minimum atomic E-state index is -0.270. The number of piperidine rings is 1. The molecule has 2 aliphatic rings. The molecule has 3 heterocycles. The average Bonchev–Trinajstić information content (AvgIpc) is 2.81. The van der Waals surface area contributed by atoms with E-state index in [1.54, 1.807) is 6.20 Å². The molecule has 0 saturated carbocycles. The summed E-state index contributed by atoms with van der Waals surface area (Å²) in [5.41, 5.74) is 14.9. The molecule has 1 unspecified atom stereocenters. The van der Waals surface area contributed by atoms with Gasteiger partial charge in [-0.15, -0.1) is 0 Å². The van der Waals surface area contributed by atoms with Gasteiger partial charge in [0.1, 0.15) is 11.4 Å². The Morgan fingerprint density at radius 3 is 2.68 bits per heavy atom. The number of nitrogens with two attached hydrogens (primary N) is 2. The summed E-state index contributed by atoms with van der Waals surface area (Å²) in [6.45, 7) is 1.79. The predicted octanol–water partition coefficient (Wildman–Crippen LogP) is 2.10. The Hall–Kier alpha value is -2.27. The zero-order valence-corrected chi connectivity index (χ0v) is 12.4. The fraction of sp³-hybridized carbons (Fsp3) is 0.353. The third-order valence-corrected chi connectivity index (χ3v) is 4.85. The normalized spacial score (nSPS) is 22.4. The summed E-state index contributed by atoms with van der Waals surface area (Å²) in [4.78, 5) is 6.47. The van der Waals surface area contributed by atoms with Crippen molar-refractivity contribution in [2.45, 2.75) is 24.5 Å². The van der Waals surface area contributed by atoms with Gasteiger partial charge in [-0.05, 0) is 12.1 Å². The van der Waals surface area contributed by atoms with Crippen molar-refractivity contribution in [1.29, 1.82) is 0 Å². The van der Waals surface area contributed by atoms with Crippen molar-refractivity contribution in [3.8, 4) is 5.75 Å². The molecule has 4 N–H and O–H groups in total. The van der Waals surface area contributed by atoms with E-state index in [0.29, 0.717) is 5.69 Å². The Kier molecular flexibility index (Phi) is 2.97. The summed E-state index contributed by atoms with van der Waals surface area (Å²) < 4.78 is 6.26. The van der Waals surface area contributed by atoms with Crippen molar-refractivity contribution in [1.82, 2.24) is 4.98 Å². The lowest BCUT2D eigenvalue weighted by Crippen LogP contribution is -2.51. The van der Waals surface area contributed by atoms with Gasteiger partial charge in [-0.3, -0.25) is 4.98 Å². The monoisotopic (exact) mass is 296 g/mol. The molecule has 4 rings (SSSR count). The molecule has 0 radical (unpaired) electrons. The van der Waals surface area contributed by atoms with E-state index >= 15 is 0 Å². The summed E-state index contributed by atoms with van der Waals surface area (Å²) in [7, 11) is 0. The van der Waals surface area contributed by atoms with Crippen LogP contribution < -0.4 is 21.1 Å². The molecule has 5 heteroatoms. The number of nitrogens with zero attached hydrogens (tertiary/aromatic N) is 2. The molecule has 1 aromatic carbocycles. The van der Waals surface area contributed by atoms with E-state index in [-0.39, 0.29) is 11.6 Å². The predicted molar refractivity (Wildman–Crippen MR) is 86.8 cm³/mol. The molecule has 22 heavy (non-hydrogen) atoms. The number of hydrogen-bond acceptors (Lipinski definition) is 5. The molecule has 1 saturated heterocycles. The highest BCUT2D eigenvalue weighted by atomic mass is 16.5. The second-order valence-electron chi connectivity index (χ2n) is 6.15. The summed E-state index contributed by atoms with van der Waals surface area (Å²) >= 11 is 0. The lowest BCUT2D eigenvalue weighted by Gasteiger charge is -2.41. The van der Waals surface area contributed by atoms with Crippen LogP contribution in [-0.2, 0) is 0 Å². The Morgan fingerprint density at radius 1 is 1.18 bits per heavy atom. The number of pyridine rings is 1. The minimum absolute atomic E-state index is 0.0511. The number of hydrogen-bond donors (Lipinski definition) is 2. The number of para-hydroxylation sites is 1. The second-order valence-corrected chi connectivity index (χ2v) is 6.15. The van der Waals surface area contributed by atoms with Gasteiger partial charge >= 0.3 is 0 Å². The van der Waals surface area contributed by atoms with Gasteiger partial charge in [0.15, 0.2) is 0 Å². The van der Waals surface area contributed by atoms with Crippen LogP contribution in [0.1, 0.15) is 24.4 Å². The molecule has 1 atom stereocenters. The lowest BCUT2D eigenvalue weighted by molar-refractivity contribution is 0.0432. The molecule has 1 fully saturated rings. The lowest BCUT2D eigenvalue weighted by atomic mass is 9.83. The van der Waals surface area contributed by atoms with Crippen molar-refractivity contribution in [2.75, 3.05) is 23.7 Å². The van der Waals surface area contributed by atoms with Gasteiger partial charge in [0.05, 0.1) is 23.6 Å². The van der Waals surface area contributed by atoms with Crippen molar-refractivity contribution in [2.24, 2.45) is 5.73 Å². The zero-order chi connectivity index (χ0) is 15.2. The van der Waals surface area contributed by atoms with Crippen LogP contribution in [0, 0.1) is 0 Å². The topological polar surface area (TPSA) is 77.4 Å². The number of ether oxygens (including phenoxy) is 1. The van der Waals surface area contributed by atoms with Gasteiger partial charge < -0.3 is 21.1 Å². The molecule has 1 aromatic heterocycles. The van der Waals surface area contributed by atoms with E-state index in [0.717, 1.165) is 42.9 Å². The molecule has 0 aliphatic carbocycles. The van der Waals surface area contributed by atoms with E-state index in [4.69, 9.17) is 16.2 Å². The maximum Gasteiger partial charge on any atom is 0.132 e. The van der Waals surface area contributed by atoms with Crippen molar-refractivity contribution < 1.29 is 4.74 Å². The molecule has 5 nitrogen and oxygen atoms in total. The summed E-state index contributed by atoms with van der Waals surface area (Å²) in [6.07, 6.45) is 5.33. The third-order valence-electron chi connectivity index (χ3n) is 4.85. The molecule has 0 bridgehead atoms. The van der Waals surface area contributed by atoms with Crippen LogP contribution in [-0.4, -0.2) is 23.7 Å². The van der Waals surface area contributed by atoms with Crippen LogP contribution in [0.15, 0.2) is 42.7 Å². The van der Waals surface area contributed by atoms with Crippen LogP contribution in [0.2, 0.25) is 0 Å². The van der Waals surface area contributed by atoms with E-state index < -0.39 is 0 Å². The Morgan fingerprint density at radius 2 is 1.95 bits per heavy atom. The van der Waals surface area contributed by atoms with Crippen LogP contribution in [0.5, 0.6) is 5.75 Å². The van der Waals surface area contributed by atoms with E-state index in [1.165, 1.54) is 0 Å². The first-order valence-corrected chi connectivity index (χ1v) is 7.67. The summed E-state index contributed by atoms with van der Waals surface area (Å²) in [5.74, 6) is 0.939. The van der Waals surface area contributed by atoms with Gasteiger partial charge in [-0.25, -0.2) is 0 Å². The van der Waals surface area contributed by atoms with Gasteiger partial charge in [-0.1, -0.05) is 18.2 Å². The second kappa shape index (κ2) is 4.88. The smallest absolute Gasteiger partial charge is 0.132 e. The standard InChI is InChI=1S/C17H20N4O/c18-12-9-13(11-20-10-12)21-7-5-17(6-8-21)16(19)14-3-1-2-4-15(14)22-17/h1-4,9-11,16H,5-8,18-19H2. The third kappa shape index (κ3) is 2.01. The number of rotatable bonds is 1. The van der Waals surface area contributed by atoms with Crippen molar-refractivity contribution in [3.05, 3.63) is 48.3 Å². The Balaban J connectivity index is 1.53. The fourth-order valence-corrected chi connectivity index (χ4v) is 3.57. The Bertz CT molecular complexity index is 695. The Labute approximate surface area is 129 Å². The minimum Gasteiger partial charge on any atom is -0.485 e. The van der Waals surface area contributed by atoms with Crippen molar-refractivity contribution >= 4 is 11.4 Å². The molecular weight excluding hydrogens is 276 g/mol. The van der Waals surface area contributed by atoms with Crippen LogP contribution >= 0.6 is 0 Å². The first-order valence-electron chi connectivity index (χ1n) is 7.67. The van der Waals surface area contributed by atoms with E-state index in [1.807, 2.05) is 30.5 Å². The number of fused-ring (bicyclic) bond motifs is 1. The molecule has 2 aromatic rings. The van der Waals surface area contributed by atoms with Crippen LogP contribution in [0.3, 0.4) is 0 Å². The zero-order valence-electron chi connectivity index (χ0n) is 12.4. The molecule has 0 amide bonds. The van der Waals surface area contributed by atoms with E-state index in [9.17, 15) is 0 Å². The number of benzene rings is 1. The fourth-order valence-electron chi connectivity index (χ4n) is 3.57. The largest absolute Gasteiger partial charge is 0.485 e. The first-order chi connectivity index (χ1) is 10.7. The summed E-state index contributed by atoms with van der Waals surface area (Å²) in [5, 5.41) is 0. The van der Waals surface area contributed by atoms with Crippen LogP contribution in [0.25, 0.3) is 0 Å². The quantitative estimate of drug-likeness (QED) is 0.842. The van der Waals surface area contributed by atoms with Crippen molar-refractivity contribution in [3.63, 3.8) is 0 Å². The summed E-state index contributed by atoms with van der Waals surface area (Å²) in [6, 6.07) is 10.0. The number of nitrogen functional groups attached to an aromatic ring is 1. The van der Waals surface area contributed by atoms with Gasteiger partial charge in [0, 0.05) is 37.7 Å². The van der Waals surface area contributed by atoms with Gasteiger partial charge in [0.25, 0.3) is 0 Å². The number of anilines is 2. The number of aromatic nitrogens is 1. The molecule has 2 aliphatic heterocycles. The highest BCUT2D eigenvalue weighted by molar-refractivity contribution is 5.54.